The number of aliphatic hydroxyl groups excluding tert-OH is 1. The van der Waals surface area contributed by atoms with Gasteiger partial charge in [-0.15, -0.1) is 13.2 Å². The number of alkyl halides is 6. The van der Waals surface area contributed by atoms with Crippen LogP contribution in [-0.2, 0) is 19.3 Å². The highest BCUT2D eigenvalue weighted by molar-refractivity contribution is 5.44. The first-order valence-corrected chi connectivity index (χ1v) is 4.74. The van der Waals surface area contributed by atoms with Gasteiger partial charge in [-0.2, -0.15) is 13.2 Å². The maximum Gasteiger partial charge on any atom is 0.573 e. The molecule has 10 heteroatoms. The fourth-order valence-electron chi connectivity index (χ4n) is 1.37. The summed E-state index contributed by atoms with van der Waals surface area (Å²) in [5.41, 5.74) is 1.76. The molecule has 0 radical (unpaired) electrons. The first-order chi connectivity index (χ1) is 8.60. The van der Waals surface area contributed by atoms with Crippen LogP contribution in [0.1, 0.15) is 16.8 Å². The standard InChI is InChI=1S/C9H8F6N2O2/c10-8(11,12)6-4(3-18)2-17-5(1-16)7(6)19-9(13,14)15/h2,18H,1,3,16H2. The van der Waals surface area contributed by atoms with Crippen molar-refractivity contribution >= 4 is 0 Å². The predicted molar refractivity (Wildman–Crippen MR) is 49.7 cm³/mol. The van der Waals surface area contributed by atoms with Crippen LogP contribution in [0.4, 0.5) is 26.3 Å². The largest absolute Gasteiger partial charge is 0.573 e. The molecule has 1 rings (SSSR count). The molecule has 1 aromatic rings. The second kappa shape index (κ2) is 5.21. The van der Waals surface area contributed by atoms with Gasteiger partial charge in [0, 0.05) is 18.3 Å². The lowest BCUT2D eigenvalue weighted by atomic mass is 10.1. The monoisotopic (exact) mass is 290 g/mol. The lowest BCUT2D eigenvalue weighted by molar-refractivity contribution is -0.276. The molecule has 0 atom stereocenters. The molecule has 0 bridgehead atoms. The molecule has 0 amide bonds. The Balaban J connectivity index is 3.53. The van der Waals surface area contributed by atoms with Crippen molar-refractivity contribution in [3.05, 3.63) is 23.0 Å². The van der Waals surface area contributed by atoms with Gasteiger partial charge in [0.1, 0.15) is 5.56 Å². The first kappa shape index (κ1) is 15.5. The summed E-state index contributed by atoms with van der Waals surface area (Å²) in [6.45, 7) is -1.82. The Morgan fingerprint density at radius 2 is 1.79 bits per heavy atom. The number of rotatable bonds is 3. The number of aromatic nitrogens is 1. The molecule has 1 aromatic heterocycles. The van der Waals surface area contributed by atoms with Gasteiger partial charge in [0.25, 0.3) is 0 Å². The molecule has 3 N–H and O–H groups in total. The predicted octanol–water partition coefficient (Wildman–Crippen LogP) is 1.95. The van der Waals surface area contributed by atoms with E-state index in [1.165, 1.54) is 0 Å². The fourth-order valence-corrected chi connectivity index (χ4v) is 1.37. The van der Waals surface area contributed by atoms with Crippen molar-refractivity contribution in [2.24, 2.45) is 5.73 Å². The normalized spacial score (nSPS) is 12.6. The van der Waals surface area contributed by atoms with Gasteiger partial charge in [-0.1, -0.05) is 0 Å². The van der Waals surface area contributed by atoms with Gasteiger partial charge in [0.05, 0.1) is 12.3 Å². The van der Waals surface area contributed by atoms with Crippen molar-refractivity contribution in [3.8, 4) is 5.75 Å². The average Bonchev–Trinajstić information content (AvgIpc) is 2.24. The molecule has 19 heavy (non-hydrogen) atoms. The zero-order chi connectivity index (χ0) is 14.8. The minimum atomic E-state index is -5.33. The average molecular weight is 290 g/mol. The summed E-state index contributed by atoms with van der Waals surface area (Å²) in [6.07, 6.45) is -9.88. The van der Waals surface area contributed by atoms with Gasteiger partial charge in [-0.25, -0.2) is 0 Å². The number of halogens is 6. The third kappa shape index (κ3) is 3.70. The van der Waals surface area contributed by atoms with Gasteiger partial charge in [-0.3, -0.25) is 4.98 Å². The number of nitrogens with two attached hydrogens (primary N) is 1. The van der Waals surface area contributed by atoms with Gasteiger partial charge in [0.15, 0.2) is 5.75 Å². The van der Waals surface area contributed by atoms with E-state index < -0.39 is 48.3 Å². The summed E-state index contributed by atoms with van der Waals surface area (Å²) in [4.78, 5) is 3.32. The molecule has 0 aromatic carbocycles. The molecule has 0 aliphatic carbocycles. The number of ether oxygens (including phenoxy) is 1. The summed E-state index contributed by atoms with van der Waals surface area (Å²) in [5.74, 6) is -1.53. The quantitative estimate of drug-likeness (QED) is 0.835. The van der Waals surface area contributed by atoms with Crippen LogP contribution in [-0.4, -0.2) is 16.5 Å². The maximum absolute atomic E-state index is 12.8. The number of aliphatic hydroxyl groups is 1. The minimum Gasteiger partial charge on any atom is -0.403 e. The minimum absolute atomic E-state index is 0.605. The number of hydrogen-bond acceptors (Lipinski definition) is 4. The van der Waals surface area contributed by atoms with Gasteiger partial charge >= 0.3 is 12.5 Å². The second-order valence-corrected chi connectivity index (χ2v) is 3.34. The molecular weight excluding hydrogens is 282 g/mol. The van der Waals surface area contributed by atoms with Gasteiger partial charge < -0.3 is 15.6 Å². The highest BCUT2D eigenvalue weighted by Gasteiger charge is 2.42. The van der Waals surface area contributed by atoms with E-state index in [4.69, 9.17) is 10.8 Å². The number of hydrogen-bond donors (Lipinski definition) is 2. The van der Waals surface area contributed by atoms with Crippen molar-refractivity contribution in [2.75, 3.05) is 0 Å². The molecule has 4 nitrogen and oxygen atoms in total. The summed E-state index contributed by atoms with van der Waals surface area (Å²) < 4.78 is 78.1. The van der Waals surface area contributed by atoms with Crippen LogP contribution in [0.5, 0.6) is 5.75 Å². The molecule has 0 fully saturated rings. The van der Waals surface area contributed by atoms with Crippen LogP contribution in [0, 0.1) is 0 Å². The van der Waals surface area contributed by atoms with E-state index in [0.717, 1.165) is 0 Å². The van der Waals surface area contributed by atoms with Crippen LogP contribution in [0.2, 0.25) is 0 Å². The molecule has 0 spiro atoms. The van der Waals surface area contributed by atoms with E-state index in [1.54, 1.807) is 0 Å². The number of pyridine rings is 1. The van der Waals surface area contributed by atoms with Crippen molar-refractivity contribution < 1.29 is 36.2 Å². The van der Waals surface area contributed by atoms with E-state index in [0.29, 0.717) is 6.20 Å². The Kier molecular flexibility index (Phi) is 4.25. The highest BCUT2D eigenvalue weighted by Crippen LogP contribution is 2.41. The van der Waals surface area contributed by atoms with Crippen LogP contribution in [0.25, 0.3) is 0 Å². The molecule has 0 saturated carbocycles. The zero-order valence-corrected chi connectivity index (χ0v) is 9.14. The van der Waals surface area contributed by atoms with Crippen molar-refractivity contribution in [1.29, 1.82) is 0 Å². The van der Waals surface area contributed by atoms with Crippen molar-refractivity contribution in [3.63, 3.8) is 0 Å². The lowest BCUT2D eigenvalue weighted by Gasteiger charge is -2.19. The number of nitrogens with zero attached hydrogens (tertiary/aromatic N) is 1. The fraction of sp³-hybridized carbons (Fsp3) is 0.444. The summed E-state index contributed by atoms with van der Waals surface area (Å²) >= 11 is 0. The Bertz CT molecular complexity index is 457. The Hall–Kier alpha value is -1.55. The van der Waals surface area contributed by atoms with Crippen molar-refractivity contribution in [1.82, 2.24) is 4.98 Å². The Morgan fingerprint density at radius 3 is 2.16 bits per heavy atom. The molecule has 1 heterocycles. The summed E-state index contributed by atoms with van der Waals surface area (Å²) in [5, 5.41) is 8.76. The third-order valence-electron chi connectivity index (χ3n) is 2.05. The van der Waals surface area contributed by atoms with Crippen molar-refractivity contribution in [2.45, 2.75) is 25.7 Å². The molecular formula is C9H8F6N2O2. The van der Waals surface area contributed by atoms with E-state index in [2.05, 4.69) is 9.72 Å². The van der Waals surface area contributed by atoms with E-state index in [-0.39, 0.29) is 0 Å². The van der Waals surface area contributed by atoms with Crippen LogP contribution >= 0.6 is 0 Å². The van der Waals surface area contributed by atoms with Crippen LogP contribution in [0.15, 0.2) is 6.20 Å². The highest BCUT2D eigenvalue weighted by atomic mass is 19.4. The summed E-state index contributed by atoms with van der Waals surface area (Å²) in [6, 6.07) is 0. The third-order valence-corrected chi connectivity index (χ3v) is 2.05. The van der Waals surface area contributed by atoms with Crippen LogP contribution < -0.4 is 10.5 Å². The molecule has 0 unspecified atom stereocenters. The van der Waals surface area contributed by atoms with E-state index in [1.807, 2.05) is 0 Å². The topological polar surface area (TPSA) is 68.4 Å². The Morgan fingerprint density at radius 1 is 1.21 bits per heavy atom. The smallest absolute Gasteiger partial charge is 0.403 e. The molecule has 0 aliphatic rings. The maximum atomic E-state index is 12.8. The SMILES string of the molecule is NCc1ncc(CO)c(C(F)(F)F)c1OC(F)(F)F. The van der Waals surface area contributed by atoms with Crippen LogP contribution in [0.3, 0.4) is 0 Å². The molecule has 108 valence electrons. The second-order valence-electron chi connectivity index (χ2n) is 3.34. The van der Waals surface area contributed by atoms with Gasteiger partial charge in [0.2, 0.25) is 0 Å². The van der Waals surface area contributed by atoms with Gasteiger partial charge in [-0.05, 0) is 0 Å². The van der Waals surface area contributed by atoms with E-state index >= 15 is 0 Å². The first-order valence-electron chi connectivity index (χ1n) is 4.74. The Labute approximate surface area is 102 Å². The van der Waals surface area contributed by atoms with E-state index in [9.17, 15) is 26.3 Å². The lowest BCUT2D eigenvalue weighted by Crippen LogP contribution is -2.24. The molecule has 0 aliphatic heterocycles. The molecule has 0 saturated heterocycles. The zero-order valence-electron chi connectivity index (χ0n) is 9.14. The summed E-state index contributed by atoms with van der Waals surface area (Å²) in [7, 11) is 0.